The number of esters is 1. The van der Waals surface area contributed by atoms with Gasteiger partial charge in [-0.2, -0.15) is 0 Å². The summed E-state index contributed by atoms with van der Waals surface area (Å²) in [7, 11) is 0. The predicted octanol–water partition coefficient (Wildman–Crippen LogP) is 3.22. The zero-order valence-electron chi connectivity index (χ0n) is 15.0. The summed E-state index contributed by atoms with van der Waals surface area (Å²) in [6.45, 7) is 0.274. The molecule has 1 fully saturated rings. The first-order chi connectivity index (χ1) is 13.1. The topological polar surface area (TPSA) is 63.7 Å². The molecular formula is C22H21NO4. The quantitative estimate of drug-likeness (QED) is 0.465. The maximum Gasteiger partial charge on any atom is 0.307 e. The highest BCUT2D eigenvalue weighted by atomic mass is 16.5. The standard InChI is InChI=1S/C22H21NO4/c24-20(27-14-16-8-5-7-15-6-1-2-9-17(15)16)12-13-23-21(25)18-10-3-4-11-19(18)22(23)26/h1-9,18-19H,10-14H2/t18-,19-/m1/s1. The second kappa shape index (κ2) is 7.35. The fraction of sp³-hybridized carbons (Fsp3) is 0.318. The Bertz CT molecular complexity index is 902. The molecule has 0 saturated carbocycles. The minimum absolute atomic E-state index is 0.0229. The lowest BCUT2D eigenvalue weighted by Crippen LogP contribution is -2.33. The molecule has 0 N–H and O–H groups in total. The molecule has 1 aliphatic carbocycles. The van der Waals surface area contributed by atoms with Crippen LogP contribution >= 0.6 is 0 Å². The normalized spacial score (nSPS) is 21.6. The van der Waals surface area contributed by atoms with Crippen LogP contribution in [0.2, 0.25) is 0 Å². The summed E-state index contributed by atoms with van der Waals surface area (Å²) in [5.74, 6) is -1.23. The first kappa shape index (κ1) is 17.5. The number of carbonyl (C=O) groups excluding carboxylic acids is 3. The number of fused-ring (bicyclic) bond motifs is 2. The van der Waals surface area contributed by atoms with E-state index in [1.54, 1.807) is 0 Å². The van der Waals surface area contributed by atoms with E-state index in [9.17, 15) is 14.4 Å². The largest absolute Gasteiger partial charge is 0.461 e. The van der Waals surface area contributed by atoms with Gasteiger partial charge in [-0.3, -0.25) is 19.3 Å². The number of likely N-dealkylation sites (tertiary alicyclic amines) is 1. The van der Waals surface area contributed by atoms with E-state index in [1.165, 1.54) is 4.90 Å². The average Bonchev–Trinajstić information content (AvgIpc) is 2.95. The monoisotopic (exact) mass is 363 g/mol. The molecule has 5 nitrogen and oxygen atoms in total. The molecule has 0 radical (unpaired) electrons. The van der Waals surface area contributed by atoms with Crippen LogP contribution in [-0.4, -0.2) is 29.2 Å². The van der Waals surface area contributed by atoms with Crippen molar-refractivity contribution in [3.8, 4) is 0 Å². The van der Waals surface area contributed by atoms with Gasteiger partial charge in [0, 0.05) is 6.54 Å². The van der Waals surface area contributed by atoms with Crippen molar-refractivity contribution in [2.45, 2.75) is 25.9 Å². The highest BCUT2D eigenvalue weighted by Gasteiger charge is 2.46. The number of hydrogen-bond donors (Lipinski definition) is 0. The Morgan fingerprint density at radius 3 is 2.37 bits per heavy atom. The summed E-state index contributed by atoms with van der Waals surface area (Å²) in [6.07, 6.45) is 5.15. The molecule has 27 heavy (non-hydrogen) atoms. The Kier molecular flexibility index (Phi) is 4.75. The Morgan fingerprint density at radius 2 is 1.63 bits per heavy atom. The van der Waals surface area contributed by atoms with E-state index in [4.69, 9.17) is 4.74 Å². The van der Waals surface area contributed by atoms with Gasteiger partial charge in [-0.25, -0.2) is 0 Å². The van der Waals surface area contributed by atoms with Gasteiger partial charge in [-0.15, -0.1) is 0 Å². The van der Waals surface area contributed by atoms with Gasteiger partial charge >= 0.3 is 5.97 Å². The molecule has 4 rings (SSSR count). The van der Waals surface area contributed by atoms with Gasteiger partial charge in [-0.1, -0.05) is 54.6 Å². The lowest BCUT2D eigenvalue weighted by molar-refractivity contribution is -0.146. The van der Waals surface area contributed by atoms with Crippen molar-refractivity contribution < 1.29 is 19.1 Å². The minimum Gasteiger partial charge on any atom is -0.461 e. The van der Waals surface area contributed by atoms with Gasteiger partial charge in [0.1, 0.15) is 6.61 Å². The van der Waals surface area contributed by atoms with Crippen LogP contribution in [0.4, 0.5) is 0 Å². The average molecular weight is 363 g/mol. The van der Waals surface area contributed by atoms with Crippen molar-refractivity contribution in [3.63, 3.8) is 0 Å². The maximum absolute atomic E-state index is 12.4. The Balaban J connectivity index is 1.34. The number of ether oxygens (including phenoxy) is 1. The van der Waals surface area contributed by atoms with E-state index >= 15 is 0 Å². The summed E-state index contributed by atoms with van der Waals surface area (Å²) >= 11 is 0. The van der Waals surface area contributed by atoms with Gasteiger partial charge in [0.2, 0.25) is 11.8 Å². The van der Waals surface area contributed by atoms with Gasteiger partial charge in [-0.05, 0) is 29.2 Å². The maximum atomic E-state index is 12.4. The van der Waals surface area contributed by atoms with Crippen LogP contribution in [0.5, 0.6) is 0 Å². The van der Waals surface area contributed by atoms with Crippen molar-refractivity contribution in [1.82, 2.24) is 4.90 Å². The molecule has 1 aliphatic heterocycles. The second-order valence-corrected chi connectivity index (χ2v) is 7.03. The van der Waals surface area contributed by atoms with Crippen LogP contribution in [0.15, 0.2) is 54.6 Å². The van der Waals surface area contributed by atoms with Gasteiger partial charge in [0.15, 0.2) is 0 Å². The number of rotatable bonds is 5. The summed E-state index contributed by atoms with van der Waals surface area (Å²) < 4.78 is 5.38. The molecule has 2 aromatic rings. The van der Waals surface area contributed by atoms with E-state index in [-0.39, 0.29) is 43.2 Å². The molecule has 0 bridgehead atoms. The zero-order chi connectivity index (χ0) is 18.8. The number of nitrogens with zero attached hydrogens (tertiary/aromatic N) is 1. The van der Waals surface area contributed by atoms with Crippen LogP contribution in [0, 0.1) is 11.8 Å². The van der Waals surface area contributed by atoms with Crippen molar-refractivity contribution in [1.29, 1.82) is 0 Å². The highest BCUT2D eigenvalue weighted by molar-refractivity contribution is 6.05. The van der Waals surface area contributed by atoms with Crippen molar-refractivity contribution >= 4 is 28.6 Å². The number of allylic oxidation sites excluding steroid dienone is 2. The van der Waals surface area contributed by atoms with E-state index in [0.29, 0.717) is 12.8 Å². The highest BCUT2D eigenvalue weighted by Crippen LogP contribution is 2.35. The molecule has 2 aromatic carbocycles. The van der Waals surface area contributed by atoms with Gasteiger partial charge in [0.05, 0.1) is 18.3 Å². The van der Waals surface area contributed by atoms with E-state index in [1.807, 2.05) is 54.6 Å². The summed E-state index contributed by atoms with van der Waals surface area (Å²) in [4.78, 5) is 38.2. The van der Waals surface area contributed by atoms with Gasteiger partial charge in [0.25, 0.3) is 0 Å². The third-order valence-electron chi connectivity index (χ3n) is 5.41. The molecule has 0 spiro atoms. The van der Waals surface area contributed by atoms with Crippen molar-refractivity contribution in [2.75, 3.05) is 6.54 Å². The molecule has 0 unspecified atom stereocenters. The van der Waals surface area contributed by atoms with E-state index in [2.05, 4.69) is 0 Å². The number of benzene rings is 2. The third-order valence-corrected chi connectivity index (χ3v) is 5.41. The zero-order valence-corrected chi connectivity index (χ0v) is 15.0. The fourth-order valence-corrected chi connectivity index (χ4v) is 3.94. The summed E-state index contributed by atoms with van der Waals surface area (Å²) in [5, 5.41) is 2.14. The van der Waals surface area contributed by atoms with Gasteiger partial charge < -0.3 is 4.74 Å². The van der Waals surface area contributed by atoms with Crippen LogP contribution in [0.25, 0.3) is 10.8 Å². The molecule has 2 aliphatic rings. The molecule has 1 saturated heterocycles. The lowest BCUT2D eigenvalue weighted by Gasteiger charge is -2.14. The van der Waals surface area contributed by atoms with Crippen LogP contribution in [0.1, 0.15) is 24.8 Å². The fourth-order valence-electron chi connectivity index (χ4n) is 3.94. The summed E-state index contributed by atoms with van der Waals surface area (Å²) in [6, 6.07) is 13.8. The number of carbonyl (C=O) groups is 3. The number of amides is 2. The molecule has 1 heterocycles. The Morgan fingerprint density at radius 1 is 0.963 bits per heavy atom. The number of hydrogen-bond acceptors (Lipinski definition) is 4. The molecule has 138 valence electrons. The van der Waals surface area contributed by atoms with E-state index in [0.717, 1.165) is 16.3 Å². The number of imide groups is 1. The van der Waals surface area contributed by atoms with Crippen LogP contribution in [0.3, 0.4) is 0 Å². The SMILES string of the molecule is O=C(CCN1C(=O)[C@@H]2CC=CC[C@H]2C1=O)OCc1cccc2ccccc12. The molecule has 2 amide bonds. The third kappa shape index (κ3) is 3.37. The molecule has 0 aromatic heterocycles. The summed E-state index contributed by atoms with van der Waals surface area (Å²) in [5.41, 5.74) is 0.937. The van der Waals surface area contributed by atoms with Crippen molar-refractivity contribution in [2.24, 2.45) is 11.8 Å². The van der Waals surface area contributed by atoms with Crippen LogP contribution < -0.4 is 0 Å². The second-order valence-electron chi connectivity index (χ2n) is 7.03. The smallest absolute Gasteiger partial charge is 0.307 e. The minimum atomic E-state index is -0.406. The molecule has 2 atom stereocenters. The molecule has 5 heteroatoms. The Labute approximate surface area is 157 Å². The molecular weight excluding hydrogens is 342 g/mol. The first-order valence-electron chi connectivity index (χ1n) is 9.27. The first-order valence-corrected chi connectivity index (χ1v) is 9.27. The van der Waals surface area contributed by atoms with Crippen LogP contribution in [-0.2, 0) is 25.7 Å². The Hall–Kier alpha value is -2.95. The van der Waals surface area contributed by atoms with Crippen molar-refractivity contribution in [3.05, 3.63) is 60.2 Å². The lowest BCUT2D eigenvalue weighted by atomic mass is 9.85. The predicted molar refractivity (Wildman–Crippen MR) is 100 cm³/mol. The van der Waals surface area contributed by atoms with E-state index < -0.39 is 5.97 Å².